The number of hydrogen-bond acceptors (Lipinski definition) is 4. The third kappa shape index (κ3) is 3.29. The topological polar surface area (TPSA) is 73.2 Å². The number of nitrogens with one attached hydrogen (secondary N) is 1. The van der Waals surface area contributed by atoms with Crippen LogP contribution < -0.4 is 15.2 Å². The Balaban J connectivity index is 1.96. The second-order valence-electron chi connectivity index (χ2n) is 5.04. The van der Waals surface area contributed by atoms with Crippen LogP contribution in [0.4, 0.5) is 5.82 Å². The number of aromatic amines is 1. The predicted octanol–water partition coefficient (Wildman–Crippen LogP) is 3.64. The number of nitrogens with zero attached hydrogens (tertiary/aromatic N) is 1. The van der Waals surface area contributed by atoms with Crippen molar-refractivity contribution < 1.29 is 9.47 Å². The zero-order valence-corrected chi connectivity index (χ0v) is 13.0. The van der Waals surface area contributed by atoms with Crippen molar-refractivity contribution in [3.63, 3.8) is 0 Å². The van der Waals surface area contributed by atoms with Gasteiger partial charge in [-0.1, -0.05) is 42.5 Å². The minimum atomic E-state index is 0.454. The molecule has 118 valence electrons. The number of H-pyrrole nitrogens is 1. The van der Waals surface area contributed by atoms with Gasteiger partial charge in [-0.05, 0) is 18.6 Å². The molecule has 0 aliphatic rings. The van der Waals surface area contributed by atoms with Crippen LogP contribution in [0.15, 0.2) is 54.7 Å². The molecule has 0 fully saturated rings. The van der Waals surface area contributed by atoms with Gasteiger partial charge in [-0.15, -0.1) is 0 Å². The van der Waals surface area contributed by atoms with Crippen LogP contribution in [-0.2, 0) is 6.61 Å². The van der Waals surface area contributed by atoms with E-state index in [1.54, 1.807) is 6.20 Å². The van der Waals surface area contributed by atoms with Crippen molar-refractivity contribution in [3.8, 4) is 22.6 Å². The van der Waals surface area contributed by atoms with Gasteiger partial charge in [0.2, 0.25) is 0 Å². The van der Waals surface area contributed by atoms with Gasteiger partial charge in [-0.3, -0.25) is 5.10 Å². The van der Waals surface area contributed by atoms with Gasteiger partial charge in [0.1, 0.15) is 12.4 Å². The number of hydrogen-bond donors (Lipinski definition) is 2. The summed E-state index contributed by atoms with van der Waals surface area (Å²) >= 11 is 0. The lowest BCUT2D eigenvalue weighted by atomic mass is 10.1. The van der Waals surface area contributed by atoms with Gasteiger partial charge >= 0.3 is 0 Å². The Bertz CT molecular complexity index is 769. The number of nitrogen functional groups attached to an aromatic ring is 1. The fourth-order valence-corrected chi connectivity index (χ4v) is 2.39. The number of benzene rings is 2. The second-order valence-corrected chi connectivity index (χ2v) is 5.04. The molecule has 0 saturated heterocycles. The molecule has 3 N–H and O–H groups in total. The predicted molar refractivity (Wildman–Crippen MR) is 90.4 cm³/mol. The molecule has 23 heavy (non-hydrogen) atoms. The van der Waals surface area contributed by atoms with Gasteiger partial charge in [-0.2, -0.15) is 5.10 Å². The van der Waals surface area contributed by atoms with Gasteiger partial charge in [0.05, 0.1) is 12.8 Å². The molecule has 3 aromatic rings. The summed E-state index contributed by atoms with van der Waals surface area (Å²) in [5.41, 5.74) is 8.71. The second kappa shape index (κ2) is 6.87. The fraction of sp³-hybridized carbons (Fsp3) is 0.167. The van der Waals surface area contributed by atoms with Gasteiger partial charge in [0, 0.05) is 11.1 Å². The van der Waals surface area contributed by atoms with Gasteiger partial charge < -0.3 is 15.2 Å². The van der Waals surface area contributed by atoms with Crippen molar-refractivity contribution in [3.05, 3.63) is 60.3 Å². The van der Waals surface area contributed by atoms with Gasteiger partial charge in [0.25, 0.3) is 0 Å². The molecule has 3 rings (SSSR count). The number of ether oxygens (including phenoxy) is 2. The molecule has 0 saturated carbocycles. The Hall–Kier alpha value is -2.95. The first-order chi connectivity index (χ1) is 11.3. The van der Waals surface area contributed by atoms with E-state index in [1.807, 2.05) is 55.5 Å². The molecule has 0 aliphatic carbocycles. The van der Waals surface area contributed by atoms with Gasteiger partial charge in [0.15, 0.2) is 11.5 Å². The summed E-state index contributed by atoms with van der Waals surface area (Å²) in [4.78, 5) is 0. The minimum Gasteiger partial charge on any atom is -0.490 e. The number of para-hydroxylation sites is 1. The molecule has 0 radical (unpaired) electrons. The van der Waals surface area contributed by atoms with E-state index >= 15 is 0 Å². The summed E-state index contributed by atoms with van der Waals surface area (Å²) in [5.74, 6) is 1.87. The van der Waals surface area contributed by atoms with E-state index in [2.05, 4.69) is 10.2 Å². The lowest BCUT2D eigenvalue weighted by Gasteiger charge is -2.15. The van der Waals surface area contributed by atoms with Crippen LogP contribution in [0.25, 0.3) is 11.1 Å². The Morgan fingerprint density at radius 1 is 1.00 bits per heavy atom. The Kier molecular flexibility index (Phi) is 4.47. The van der Waals surface area contributed by atoms with E-state index in [-0.39, 0.29) is 0 Å². The van der Waals surface area contributed by atoms with Crippen molar-refractivity contribution in [1.29, 1.82) is 0 Å². The van der Waals surface area contributed by atoms with E-state index in [0.29, 0.717) is 30.5 Å². The summed E-state index contributed by atoms with van der Waals surface area (Å²) in [6.07, 6.45) is 1.69. The third-order valence-corrected chi connectivity index (χ3v) is 3.46. The SMILES string of the molecule is CCOc1cccc(-c2cn[nH]c2N)c1OCc1ccccc1. The van der Waals surface area contributed by atoms with Crippen LogP contribution in [0.2, 0.25) is 0 Å². The van der Waals surface area contributed by atoms with Gasteiger partial charge in [-0.25, -0.2) is 0 Å². The van der Waals surface area contributed by atoms with Crippen LogP contribution in [0, 0.1) is 0 Å². The molecule has 0 spiro atoms. The number of nitrogens with two attached hydrogens (primary N) is 1. The van der Waals surface area contributed by atoms with E-state index in [1.165, 1.54) is 0 Å². The Labute approximate surface area is 135 Å². The molecule has 0 unspecified atom stereocenters. The molecule has 0 aliphatic heterocycles. The maximum Gasteiger partial charge on any atom is 0.169 e. The van der Waals surface area contributed by atoms with Crippen molar-refractivity contribution in [2.75, 3.05) is 12.3 Å². The molecule has 2 aromatic carbocycles. The summed E-state index contributed by atoms with van der Waals surface area (Å²) in [5, 5.41) is 6.74. The number of rotatable bonds is 6. The summed E-state index contributed by atoms with van der Waals surface area (Å²) in [6, 6.07) is 15.8. The lowest BCUT2D eigenvalue weighted by Crippen LogP contribution is -2.01. The van der Waals surface area contributed by atoms with Crippen LogP contribution in [0.1, 0.15) is 12.5 Å². The van der Waals surface area contributed by atoms with E-state index in [9.17, 15) is 0 Å². The summed E-state index contributed by atoms with van der Waals surface area (Å²) < 4.78 is 11.8. The largest absolute Gasteiger partial charge is 0.490 e. The molecular formula is C18H19N3O2. The fourth-order valence-electron chi connectivity index (χ4n) is 2.39. The Morgan fingerprint density at radius 2 is 1.83 bits per heavy atom. The highest BCUT2D eigenvalue weighted by molar-refractivity contribution is 5.80. The quantitative estimate of drug-likeness (QED) is 0.729. The van der Waals surface area contributed by atoms with Crippen LogP contribution in [0.3, 0.4) is 0 Å². The van der Waals surface area contributed by atoms with Crippen LogP contribution in [0.5, 0.6) is 11.5 Å². The standard InChI is InChI=1S/C18H19N3O2/c1-2-22-16-10-6-9-14(15-11-20-21-18(15)19)17(16)23-12-13-7-4-3-5-8-13/h3-11H,2,12H2,1H3,(H3,19,20,21). The smallest absolute Gasteiger partial charge is 0.169 e. The van der Waals surface area contributed by atoms with Crippen molar-refractivity contribution >= 4 is 5.82 Å². The van der Waals surface area contributed by atoms with Crippen molar-refractivity contribution in [1.82, 2.24) is 10.2 Å². The minimum absolute atomic E-state index is 0.454. The molecule has 0 atom stereocenters. The van der Waals surface area contributed by atoms with Crippen LogP contribution in [-0.4, -0.2) is 16.8 Å². The highest BCUT2D eigenvalue weighted by Gasteiger charge is 2.16. The Morgan fingerprint density at radius 3 is 2.52 bits per heavy atom. The van der Waals surface area contributed by atoms with Crippen molar-refractivity contribution in [2.45, 2.75) is 13.5 Å². The maximum atomic E-state index is 6.06. The van der Waals surface area contributed by atoms with E-state index in [4.69, 9.17) is 15.2 Å². The van der Waals surface area contributed by atoms with Crippen LogP contribution >= 0.6 is 0 Å². The molecule has 5 heteroatoms. The highest BCUT2D eigenvalue weighted by atomic mass is 16.5. The number of anilines is 1. The summed E-state index contributed by atoms with van der Waals surface area (Å²) in [7, 11) is 0. The molecule has 0 bridgehead atoms. The normalized spacial score (nSPS) is 10.5. The molecular weight excluding hydrogens is 290 g/mol. The molecule has 5 nitrogen and oxygen atoms in total. The average molecular weight is 309 g/mol. The third-order valence-electron chi connectivity index (χ3n) is 3.46. The average Bonchev–Trinajstić information content (AvgIpc) is 3.00. The molecule has 1 heterocycles. The number of aromatic nitrogens is 2. The highest BCUT2D eigenvalue weighted by Crippen LogP contribution is 2.40. The van der Waals surface area contributed by atoms with E-state index < -0.39 is 0 Å². The first-order valence-corrected chi connectivity index (χ1v) is 7.51. The van der Waals surface area contributed by atoms with E-state index in [0.717, 1.165) is 16.7 Å². The molecule has 0 amide bonds. The molecule has 1 aromatic heterocycles. The maximum absolute atomic E-state index is 6.06. The zero-order valence-electron chi connectivity index (χ0n) is 13.0. The van der Waals surface area contributed by atoms with Crippen molar-refractivity contribution in [2.24, 2.45) is 0 Å². The summed E-state index contributed by atoms with van der Waals surface area (Å²) in [6.45, 7) is 2.96. The zero-order chi connectivity index (χ0) is 16.1. The first-order valence-electron chi connectivity index (χ1n) is 7.51. The monoisotopic (exact) mass is 309 g/mol. The lowest BCUT2D eigenvalue weighted by molar-refractivity contribution is 0.270. The first kappa shape index (κ1) is 15.0.